The standard InChI is InChI=1S/C23H27ClF2O5/c1-3-30-19-7-5-15(21(25)22(19)26)9-16-8-14(4-6-18(16)24)20-10-17(29)11-23(12-27,31-20)13(2)28/h4-8,13,17,20,27-29H,3,9-12H2,1-2H3/t13?,17-,20-,23-/m1/s1. The highest BCUT2D eigenvalue weighted by Crippen LogP contribution is 2.40. The molecule has 0 spiro atoms. The summed E-state index contributed by atoms with van der Waals surface area (Å²) in [5, 5.41) is 30.6. The van der Waals surface area contributed by atoms with Crippen LogP contribution < -0.4 is 4.74 Å². The summed E-state index contributed by atoms with van der Waals surface area (Å²) in [7, 11) is 0. The minimum Gasteiger partial charge on any atom is -0.491 e. The molecule has 0 radical (unpaired) electrons. The molecule has 31 heavy (non-hydrogen) atoms. The first-order valence-corrected chi connectivity index (χ1v) is 10.6. The lowest BCUT2D eigenvalue weighted by Crippen LogP contribution is -2.53. The zero-order chi connectivity index (χ0) is 22.8. The van der Waals surface area contributed by atoms with Gasteiger partial charge < -0.3 is 24.8 Å². The maximum absolute atomic E-state index is 14.5. The summed E-state index contributed by atoms with van der Waals surface area (Å²) < 4.78 is 39.9. The quantitative estimate of drug-likeness (QED) is 0.588. The Morgan fingerprint density at radius 1 is 1.23 bits per heavy atom. The van der Waals surface area contributed by atoms with Gasteiger partial charge in [0.15, 0.2) is 11.6 Å². The van der Waals surface area contributed by atoms with E-state index in [1.807, 2.05) is 0 Å². The van der Waals surface area contributed by atoms with Crippen LogP contribution in [0.2, 0.25) is 5.02 Å². The van der Waals surface area contributed by atoms with Gasteiger partial charge in [-0.15, -0.1) is 0 Å². The molecule has 1 saturated heterocycles. The summed E-state index contributed by atoms with van der Waals surface area (Å²) in [6.07, 6.45) is -1.97. The fourth-order valence-corrected chi connectivity index (χ4v) is 4.11. The number of ether oxygens (including phenoxy) is 2. The molecular weight excluding hydrogens is 430 g/mol. The number of rotatable bonds is 7. The van der Waals surface area contributed by atoms with E-state index < -0.39 is 42.2 Å². The minimum atomic E-state index is -1.29. The maximum Gasteiger partial charge on any atom is 0.200 e. The molecule has 0 bridgehead atoms. The topological polar surface area (TPSA) is 79.2 Å². The Bertz CT molecular complexity index is 923. The average molecular weight is 457 g/mol. The number of hydrogen-bond acceptors (Lipinski definition) is 5. The molecule has 4 atom stereocenters. The van der Waals surface area contributed by atoms with Crippen molar-refractivity contribution in [3.05, 3.63) is 63.7 Å². The highest BCUT2D eigenvalue weighted by Gasteiger charge is 2.45. The van der Waals surface area contributed by atoms with Crippen molar-refractivity contribution in [2.24, 2.45) is 0 Å². The third-order valence-electron chi connectivity index (χ3n) is 5.72. The van der Waals surface area contributed by atoms with E-state index >= 15 is 0 Å². The van der Waals surface area contributed by atoms with Crippen molar-refractivity contribution >= 4 is 11.6 Å². The number of halogens is 3. The Morgan fingerprint density at radius 2 is 1.97 bits per heavy atom. The van der Waals surface area contributed by atoms with E-state index in [1.165, 1.54) is 19.1 Å². The highest BCUT2D eigenvalue weighted by atomic mass is 35.5. The van der Waals surface area contributed by atoms with Crippen molar-refractivity contribution < 1.29 is 33.6 Å². The predicted molar refractivity (Wildman–Crippen MR) is 112 cm³/mol. The molecule has 8 heteroatoms. The molecule has 2 aromatic carbocycles. The van der Waals surface area contributed by atoms with Gasteiger partial charge in [-0.1, -0.05) is 29.8 Å². The average Bonchev–Trinajstić information content (AvgIpc) is 2.74. The summed E-state index contributed by atoms with van der Waals surface area (Å²) in [6.45, 7) is 2.96. The van der Waals surface area contributed by atoms with E-state index in [-0.39, 0.29) is 37.2 Å². The van der Waals surface area contributed by atoms with Crippen molar-refractivity contribution in [3.8, 4) is 5.75 Å². The first kappa shape index (κ1) is 23.9. The molecule has 1 fully saturated rings. The SMILES string of the molecule is CCOc1ccc(Cc2cc([C@H]3C[C@@H](O)C[C@@](CO)(C(C)O)O3)ccc2Cl)c(F)c1F. The molecule has 0 saturated carbocycles. The van der Waals surface area contributed by atoms with Crippen LogP contribution in [0.5, 0.6) is 5.75 Å². The van der Waals surface area contributed by atoms with Gasteiger partial charge in [0.2, 0.25) is 5.82 Å². The molecule has 0 aliphatic carbocycles. The van der Waals surface area contributed by atoms with Crippen LogP contribution in [0, 0.1) is 11.6 Å². The van der Waals surface area contributed by atoms with Gasteiger partial charge in [0.25, 0.3) is 0 Å². The summed E-state index contributed by atoms with van der Waals surface area (Å²) in [5.74, 6) is -2.19. The zero-order valence-corrected chi connectivity index (χ0v) is 18.2. The van der Waals surface area contributed by atoms with Crippen LogP contribution >= 0.6 is 11.6 Å². The molecule has 0 amide bonds. The first-order chi connectivity index (χ1) is 14.7. The van der Waals surface area contributed by atoms with Gasteiger partial charge in [-0.05, 0) is 42.7 Å². The van der Waals surface area contributed by atoms with E-state index in [2.05, 4.69) is 0 Å². The van der Waals surface area contributed by atoms with E-state index in [1.54, 1.807) is 25.1 Å². The Morgan fingerprint density at radius 3 is 2.61 bits per heavy atom. The fraction of sp³-hybridized carbons (Fsp3) is 0.478. The monoisotopic (exact) mass is 456 g/mol. The largest absolute Gasteiger partial charge is 0.491 e. The first-order valence-electron chi connectivity index (χ1n) is 10.2. The lowest BCUT2D eigenvalue weighted by atomic mass is 9.84. The normalized spacial score (nSPS) is 24.8. The van der Waals surface area contributed by atoms with Gasteiger partial charge in [-0.3, -0.25) is 0 Å². The van der Waals surface area contributed by atoms with Gasteiger partial charge >= 0.3 is 0 Å². The summed E-state index contributed by atoms with van der Waals surface area (Å²) >= 11 is 6.31. The molecule has 1 aliphatic heterocycles. The third-order valence-corrected chi connectivity index (χ3v) is 6.09. The molecule has 1 heterocycles. The van der Waals surface area contributed by atoms with Crippen molar-refractivity contribution in [3.63, 3.8) is 0 Å². The molecule has 1 aliphatic rings. The second-order valence-corrected chi connectivity index (χ2v) is 8.32. The zero-order valence-electron chi connectivity index (χ0n) is 17.4. The van der Waals surface area contributed by atoms with Crippen LogP contribution in [0.3, 0.4) is 0 Å². The third kappa shape index (κ3) is 5.02. The van der Waals surface area contributed by atoms with Crippen molar-refractivity contribution in [1.29, 1.82) is 0 Å². The highest BCUT2D eigenvalue weighted by molar-refractivity contribution is 6.31. The lowest BCUT2D eigenvalue weighted by Gasteiger charge is -2.44. The van der Waals surface area contributed by atoms with Crippen LogP contribution in [0.4, 0.5) is 8.78 Å². The lowest BCUT2D eigenvalue weighted by molar-refractivity contribution is -0.220. The molecule has 3 rings (SSSR count). The van der Waals surface area contributed by atoms with Gasteiger partial charge in [-0.25, -0.2) is 4.39 Å². The number of hydrogen-bond donors (Lipinski definition) is 3. The Labute approximate surface area is 185 Å². The van der Waals surface area contributed by atoms with Crippen molar-refractivity contribution in [2.75, 3.05) is 13.2 Å². The van der Waals surface area contributed by atoms with Crippen LogP contribution in [0.25, 0.3) is 0 Å². The Kier molecular flexibility index (Phi) is 7.55. The summed E-state index contributed by atoms with van der Waals surface area (Å²) in [5.41, 5.74) is 0.0469. The fourth-order valence-electron chi connectivity index (χ4n) is 3.93. The minimum absolute atomic E-state index is 0.0403. The van der Waals surface area contributed by atoms with E-state index in [0.29, 0.717) is 16.1 Å². The molecule has 3 N–H and O–H groups in total. The Hall–Kier alpha value is -1.77. The molecule has 170 valence electrons. The second-order valence-electron chi connectivity index (χ2n) is 7.91. The van der Waals surface area contributed by atoms with Gasteiger partial charge in [0.05, 0.1) is 31.5 Å². The molecule has 1 unspecified atom stereocenters. The molecule has 5 nitrogen and oxygen atoms in total. The van der Waals surface area contributed by atoms with Crippen molar-refractivity contribution in [2.45, 2.75) is 57.0 Å². The number of benzene rings is 2. The number of aliphatic hydroxyl groups is 3. The van der Waals surface area contributed by atoms with Gasteiger partial charge in [0, 0.05) is 24.3 Å². The Balaban J connectivity index is 1.90. The summed E-state index contributed by atoms with van der Waals surface area (Å²) in [4.78, 5) is 0. The second kappa shape index (κ2) is 9.79. The van der Waals surface area contributed by atoms with Crippen LogP contribution in [0.1, 0.15) is 49.5 Å². The van der Waals surface area contributed by atoms with Gasteiger partial charge in [0.1, 0.15) is 5.60 Å². The van der Waals surface area contributed by atoms with Crippen molar-refractivity contribution in [1.82, 2.24) is 0 Å². The van der Waals surface area contributed by atoms with Crippen LogP contribution in [-0.4, -0.2) is 46.3 Å². The molecule has 2 aromatic rings. The van der Waals surface area contributed by atoms with Crippen LogP contribution in [-0.2, 0) is 11.2 Å². The van der Waals surface area contributed by atoms with E-state index in [9.17, 15) is 24.1 Å². The molecular formula is C23H27ClF2O5. The maximum atomic E-state index is 14.5. The van der Waals surface area contributed by atoms with Gasteiger partial charge in [-0.2, -0.15) is 4.39 Å². The predicted octanol–water partition coefficient (Wildman–Crippen LogP) is 3.93. The smallest absolute Gasteiger partial charge is 0.200 e. The van der Waals surface area contributed by atoms with Crippen LogP contribution in [0.15, 0.2) is 30.3 Å². The number of aliphatic hydroxyl groups excluding tert-OH is 3. The molecule has 0 aromatic heterocycles. The van der Waals surface area contributed by atoms with E-state index in [4.69, 9.17) is 21.1 Å². The summed E-state index contributed by atoms with van der Waals surface area (Å²) in [6, 6.07) is 7.89. The van der Waals surface area contributed by atoms with E-state index in [0.717, 1.165) is 0 Å².